The Morgan fingerprint density at radius 2 is 1.73 bits per heavy atom. The molecule has 1 aromatic heterocycles. The maximum absolute atomic E-state index is 11.6. The van der Waals surface area contributed by atoms with Gasteiger partial charge in [-0.3, -0.25) is 10.1 Å². The van der Waals surface area contributed by atoms with Gasteiger partial charge in [-0.2, -0.15) is 4.98 Å². The second-order valence-electron chi connectivity index (χ2n) is 5.59. The van der Waals surface area contributed by atoms with Crippen LogP contribution in [0, 0.1) is 20.6 Å². The minimum absolute atomic E-state index is 0.107. The fourth-order valence-corrected chi connectivity index (χ4v) is 2.85. The van der Waals surface area contributed by atoms with E-state index in [1.165, 1.54) is 0 Å². The Hall–Kier alpha value is -2.75. The molecular formula is C18H16IN5O2. The van der Waals surface area contributed by atoms with Gasteiger partial charge in [-0.1, -0.05) is 18.2 Å². The Balaban J connectivity index is 2.04. The number of halogens is 1. The number of nitro groups is 1. The summed E-state index contributed by atoms with van der Waals surface area (Å²) in [6.07, 6.45) is 0. The highest BCUT2D eigenvalue weighted by atomic mass is 127. The number of aromatic nitrogens is 2. The van der Waals surface area contributed by atoms with Gasteiger partial charge in [0.15, 0.2) is 0 Å². The van der Waals surface area contributed by atoms with Crippen molar-refractivity contribution in [2.45, 2.75) is 6.92 Å². The summed E-state index contributed by atoms with van der Waals surface area (Å²) < 4.78 is 1.11. The van der Waals surface area contributed by atoms with Crippen molar-refractivity contribution in [3.8, 4) is 0 Å². The van der Waals surface area contributed by atoms with Crippen LogP contribution >= 0.6 is 22.6 Å². The molecule has 0 saturated heterocycles. The molecule has 3 rings (SSSR count). The Bertz CT molecular complexity index is 932. The van der Waals surface area contributed by atoms with Crippen molar-refractivity contribution in [3.05, 3.63) is 74.0 Å². The molecule has 132 valence electrons. The Labute approximate surface area is 164 Å². The molecule has 26 heavy (non-hydrogen) atoms. The Morgan fingerprint density at radius 3 is 2.35 bits per heavy atom. The molecule has 0 bridgehead atoms. The van der Waals surface area contributed by atoms with Crippen molar-refractivity contribution < 1.29 is 4.92 Å². The lowest BCUT2D eigenvalue weighted by atomic mass is 10.2. The second-order valence-corrected chi connectivity index (χ2v) is 6.83. The first-order chi connectivity index (χ1) is 12.5. The summed E-state index contributed by atoms with van der Waals surface area (Å²) in [5, 5.41) is 14.7. The van der Waals surface area contributed by atoms with E-state index in [-0.39, 0.29) is 11.5 Å². The average molecular weight is 461 g/mol. The van der Waals surface area contributed by atoms with E-state index >= 15 is 0 Å². The van der Waals surface area contributed by atoms with Crippen LogP contribution in [-0.2, 0) is 0 Å². The van der Waals surface area contributed by atoms with E-state index in [0.717, 1.165) is 14.9 Å². The maximum atomic E-state index is 11.6. The first kappa shape index (κ1) is 18.1. The first-order valence-corrected chi connectivity index (χ1v) is 8.88. The molecule has 3 aromatic rings. The van der Waals surface area contributed by atoms with Gasteiger partial charge in [0.05, 0.1) is 4.92 Å². The number of rotatable bonds is 5. The fourth-order valence-electron chi connectivity index (χ4n) is 2.49. The smallest absolute Gasteiger partial charge is 0.324 e. The third-order valence-corrected chi connectivity index (χ3v) is 4.50. The van der Waals surface area contributed by atoms with Crippen LogP contribution < -0.4 is 10.2 Å². The minimum atomic E-state index is -0.446. The molecule has 0 unspecified atom stereocenters. The lowest BCUT2D eigenvalue weighted by Gasteiger charge is -2.19. The van der Waals surface area contributed by atoms with Gasteiger partial charge in [0, 0.05) is 22.0 Å². The van der Waals surface area contributed by atoms with E-state index in [2.05, 4.69) is 37.9 Å². The standard InChI is InChI=1S/C18H16IN5O2/c1-12-16(24(25)26)17(23(2)15-6-4-3-5-7-15)22-18(20-12)21-14-10-8-13(19)9-11-14/h3-11H,1-2H3,(H,20,21,22). The average Bonchev–Trinajstić information content (AvgIpc) is 2.63. The molecule has 8 heteroatoms. The van der Waals surface area contributed by atoms with Crippen LogP contribution in [0.3, 0.4) is 0 Å². The van der Waals surface area contributed by atoms with E-state index in [1.54, 1.807) is 18.9 Å². The minimum Gasteiger partial charge on any atom is -0.324 e. The van der Waals surface area contributed by atoms with E-state index in [0.29, 0.717) is 11.6 Å². The third-order valence-electron chi connectivity index (χ3n) is 3.78. The summed E-state index contributed by atoms with van der Waals surface area (Å²) in [6.45, 7) is 1.61. The molecule has 0 radical (unpaired) electrons. The predicted molar refractivity (Wildman–Crippen MR) is 110 cm³/mol. The fraction of sp³-hybridized carbons (Fsp3) is 0.111. The van der Waals surface area contributed by atoms with Crippen molar-refractivity contribution in [3.63, 3.8) is 0 Å². The van der Waals surface area contributed by atoms with Crippen LogP contribution in [0.1, 0.15) is 5.69 Å². The van der Waals surface area contributed by atoms with Crippen LogP contribution in [0.5, 0.6) is 0 Å². The van der Waals surface area contributed by atoms with Gasteiger partial charge < -0.3 is 10.2 Å². The van der Waals surface area contributed by atoms with Crippen molar-refractivity contribution in [2.75, 3.05) is 17.3 Å². The SMILES string of the molecule is Cc1nc(Nc2ccc(I)cc2)nc(N(C)c2ccccc2)c1[N+](=O)[O-]. The molecule has 0 fully saturated rings. The van der Waals surface area contributed by atoms with Gasteiger partial charge in [-0.05, 0) is 65.9 Å². The van der Waals surface area contributed by atoms with Gasteiger partial charge >= 0.3 is 5.69 Å². The Morgan fingerprint density at radius 1 is 1.08 bits per heavy atom. The molecule has 0 saturated carbocycles. The maximum Gasteiger partial charge on any atom is 0.333 e. The highest BCUT2D eigenvalue weighted by molar-refractivity contribution is 14.1. The van der Waals surface area contributed by atoms with Gasteiger partial charge in [0.25, 0.3) is 0 Å². The van der Waals surface area contributed by atoms with E-state index < -0.39 is 4.92 Å². The van der Waals surface area contributed by atoms with Gasteiger partial charge in [0.2, 0.25) is 11.8 Å². The number of hydrogen-bond acceptors (Lipinski definition) is 6. The lowest BCUT2D eigenvalue weighted by Crippen LogP contribution is -2.16. The van der Waals surface area contributed by atoms with Crippen LogP contribution in [0.15, 0.2) is 54.6 Å². The first-order valence-electron chi connectivity index (χ1n) is 7.80. The number of nitrogens with zero attached hydrogens (tertiary/aromatic N) is 4. The highest BCUT2D eigenvalue weighted by Crippen LogP contribution is 2.33. The molecule has 0 aliphatic carbocycles. The van der Waals surface area contributed by atoms with Crippen molar-refractivity contribution in [1.82, 2.24) is 9.97 Å². The molecule has 0 aliphatic rings. The van der Waals surface area contributed by atoms with Crippen LogP contribution in [-0.4, -0.2) is 21.9 Å². The summed E-state index contributed by atoms with van der Waals surface area (Å²) in [5.41, 5.74) is 1.81. The second kappa shape index (κ2) is 7.65. The summed E-state index contributed by atoms with van der Waals surface area (Å²) >= 11 is 2.22. The summed E-state index contributed by atoms with van der Waals surface area (Å²) in [7, 11) is 1.75. The molecule has 7 nitrogen and oxygen atoms in total. The van der Waals surface area contributed by atoms with Gasteiger partial charge in [-0.25, -0.2) is 4.98 Å². The van der Waals surface area contributed by atoms with Crippen molar-refractivity contribution >= 4 is 51.4 Å². The number of hydrogen-bond donors (Lipinski definition) is 1. The zero-order valence-electron chi connectivity index (χ0n) is 14.2. The molecule has 0 spiro atoms. The monoisotopic (exact) mass is 461 g/mol. The zero-order chi connectivity index (χ0) is 18.7. The zero-order valence-corrected chi connectivity index (χ0v) is 16.3. The topological polar surface area (TPSA) is 84.2 Å². The van der Waals surface area contributed by atoms with Crippen LogP contribution in [0.2, 0.25) is 0 Å². The van der Waals surface area contributed by atoms with E-state index in [4.69, 9.17) is 0 Å². The number of aryl methyl sites for hydroxylation is 1. The van der Waals surface area contributed by atoms with Crippen molar-refractivity contribution in [2.24, 2.45) is 0 Å². The lowest BCUT2D eigenvalue weighted by molar-refractivity contribution is -0.385. The van der Waals surface area contributed by atoms with E-state index in [9.17, 15) is 10.1 Å². The van der Waals surface area contributed by atoms with Crippen LogP contribution in [0.4, 0.5) is 28.8 Å². The summed E-state index contributed by atoms with van der Waals surface area (Å²) in [4.78, 5) is 21.5. The third kappa shape index (κ3) is 3.90. The number of para-hydroxylation sites is 1. The molecule has 0 amide bonds. The highest BCUT2D eigenvalue weighted by Gasteiger charge is 2.25. The number of nitrogens with one attached hydrogen (secondary N) is 1. The molecule has 1 heterocycles. The van der Waals surface area contributed by atoms with Gasteiger partial charge in [0.1, 0.15) is 5.69 Å². The molecule has 0 atom stereocenters. The Kier molecular flexibility index (Phi) is 5.31. The van der Waals surface area contributed by atoms with Crippen LogP contribution in [0.25, 0.3) is 0 Å². The number of anilines is 4. The van der Waals surface area contributed by atoms with Crippen molar-refractivity contribution in [1.29, 1.82) is 0 Å². The normalized spacial score (nSPS) is 10.4. The molecule has 1 N–H and O–H groups in total. The van der Waals surface area contributed by atoms with Gasteiger partial charge in [-0.15, -0.1) is 0 Å². The number of benzene rings is 2. The molecule has 2 aromatic carbocycles. The molecular weight excluding hydrogens is 445 g/mol. The predicted octanol–water partition coefficient (Wildman–Crippen LogP) is 4.81. The largest absolute Gasteiger partial charge is 0.333 e. The summed E-state index contributed by atoms with van der Waals surface area (Å²) in [5.74, 6) is 0.550. The summed E-state index contributed by atoms with van der Waals surface area (Å²) in [6, 6.07) is 17.1. The van der Waals surface area contributed by atoms with E-state index in [1.807, 2.05) is 54.6 Å². The molecule has 0 aliphatic heterocycles. The quantitative estimate of drug-likeness (QED) is 0.334.